The summed E-state index contributed by atoms with van der Waals surface area (Å²) in [4.78, 5) is 69.4. The van der Waals surface area contributed by atoms with Crippen molar-refractivity contribution in [2.24, 2.45) is 23.5 Å². The Bertz CT molecular complexity index is 2030. The number of carbonyl (C=O) groups is 5. The van der Waals surface area contributed by atoms with E-state index < -0.39 is 93.9 Å². The lowest BCUT2D eigenvalue weighted by atomic mass is 9.87. The predicted molar refractivity (Wildman–Crippen MR) is 280 cm³/mol. The molecule has 2 heterocycles. The summed E-state index contributed by atoms with van der Waals surface area (Å²) in [6.07, 6.45) is 7.02. The number of nitrogens with two attached hydrogens (primary N) is 1. The van der Waals surface area contributed by atoms with Crippen molar-refractivity contribution >= 4 is 59.9 Å². The number of hydrogen-bond donors (Lipinski definition) is 7. The Labute approximate surface area is 439 Å². The number of likely N-dealkylation sites (tertiary alicyclic amines) is 2. The summed E-state index contributed by atoms with van der Waals surface area (Å²) < 4.78 is 97.8. The number of quaternary nitrogens is 2. The zero-order valence-electron chi connectivity index (χ0n) is 46.6. The van der Waals surface area contributed by atoms with Gasteiger partial charge in [-0.15, -0.1) is 0 Å². The van der Waals surface area contributed by atoms with E-state index in [0.717, 1.165) is 45.4 Å². The van der Waals surface area contributed by atoms with Crippen LogP contribution in [0.15, 0.2) is 0 Å². The minimum atomic E-state index is -4.59. The molecule has 10 N–H and O–H groups in total. The van der Waals surface area contributed by atoms with Crippen molar-refractivity contribution in [2.75, 3.05) is 84.7 Å². The standard InChI is InChI=1S/C22H41N3O9S2.C15H28N2O5S.2C5H14N2/c1-7-16(20(28)24-22(5,6)14-36(32,33)34)17(25-12-8-9-18(25)26)11-10-15(2)19(27)23-21(3,4)13-35(29,30)31;1-11(7-8-12(2)17-9-5-6-13(17)18)14(19)16-15(3,4)10-23(20,21)22;2*1-7(2)5-3-4-6/h15-17H,7-14H2,1-6H3,(H,23,27)(H,24,28)(H,29,30,31)(H,32,33,34);11-12H,5-10H2,1-4H3,(H,16,19)(H,20,21,22);2*3-6H2,1-2H3. The van der Waals surface area contributed by atoms with Gasteiger partial charge in [0.1, 0.15) is 0 Å². The van der Waals surface area contributed by atoms with Gasteiger partial charge < -0.3 is 56.1 Å². The predicted octanol–water partition coefficient (Wildman–Crippen LogP) is -0.844. The van der Waals surface area contributed by atoms with E-state index in [4.69, 9.17) is 10.3 Å². The van der Waals surface area contributed by atoms with Crippen LogP contribution in [0.1, 0.15) is 140 Å². The first-order valence-electron chi connectivity index (χ1n) is 25.4. The highest BCUT2D eigenvalue weighted by atomic mass is 32.2. The Kier molecular flexibility index (Phi) is 32.7. The molecule has 0 aromatic carbocycles. The first-order chi connectivity index (χ1) is 33.1. The molecule has 23 nitrogen and oxygen atoms in total. The molecule has 5 unspecified atom stereocenters. The summed E-state index contributed by atoms with van der Waals surface area (Å²) in [6, 6.07) is -0.457. The molecule has 2 aliphatic rings. The van der Waals surface area contributed by atoms with Crippen molar-refractivity contribution < 1.29 is 73.5 Å². The maximum atomic E-state index is 13.2. The van der Waals surface area contributed by atoms with Gasteiger partial charge in [0, 0.05) is 67.3 Å². The van der Waals surface area contributed by atoms with Gasteiger partial charge in [0.05, 0.1) is 76.1 Å². The molecule has 26 heteroatoms. The maximum absolute atomic E-state index is 13.2. The normalized spacial score (nSPS) is 16.8. The lowest BCUT2D eigenvalue weighted by Crippen LogP contribution is -3.05. The van der Waals surface area contributed by atoms with Gasteiger partial charge in [0.25, 0.3) is 10.1 Å². The molecule has 2 rings (SSSR count). The molecule has 0 saturated carbocycles. The number of nitrogens with one attached hydrogen (secondary N) is 4. The van der Waals surface area contributed by atoms with Crippen molar-refractivity contribution in [3.8, 4) is 0 Å². The first-order valence-corrected chi connectivity index (χ1v) is 30.2. The quantitative estimate of drug-likeness (QED) is 0.0470. The van der Waals surface area contributed by atoms with E-state index in [1.54, 1.807) is 39.5 Å². The van der Waals surface area contributed by atoms with Gasteiger partial charge in [-0.25, -0.2) is 16.8 Å². The summed E-state index contributed by atoms with van der Waals surface area (Å²) in [5.74, 6) is -4.86. The lowest BCUT2D eigenvalue weighted by molar-refractivity contribution is -0.859. The minimum Gasteiger partial charge on any atom is -0.748 e. The van der Waals surface area contributed by atoms with Crippen molar-refractivity contribution in [2.45, 2.75) is 169 Å². The Hall–Kier alpha value is -3.08. The summed E-state index contributed by atoms with van der Waals surface area (Å²) in [6.45, 7) is 21.4. The highest BCUT2D eigenvalue weighted by Crippen LogP contribution is 2.28. The van der Waals surface area contributed by atoms with Crippen LogP contribution in [0.25, 0.3) is 0 Å². The SMILES string of the molecule is CC(CCC(C)N1CCCC1=O)C(=O)NC(C)(C)CS(=O)(=O)O.CCC(C(=O)NC(C)(C)CS(=O)(=O)[O-])C(CCC(C)C(=O)NC(C)(C)CS(=O)(=O)[O-])N1CCCC1=O.CN(C)CCCN.C[NH+](C)CCC[NH3+]. The van der Waals surface area contributed by atoms with Gasteiger partial charge in [-0.05, 0) is 127 Å². The molecule has 73 heavy (non-hydrogen) atoms. The monoisotopic (exact) mass is 1110 g/mol. The zero-order chi connectivity index (χ0) is 57.3. The summed E-state index contributed by atoms with van der Waals surface area (Å²) in [5.41, 5.74) is 5.38. The van der Waals surface area contributed by atoms with Crippen LogP contribution in [0.2, 0.25) is 0 Å². The van der Waals surface area contributed by atoms with E-state index in [0.29, 0.717) is 38.6 Å². The molecule has 2 saturated heterocycles. The highest BCUT2D eigenvalue weighted by molar-refractivity contribution is 7.86. The smallest absolute Gasteiger partial charge is 0.267 e. The molecule has 0 radical (unpaired) electrons. The van der Waals surface area contributed by atoms with Gasteiger partial charge in [-0.3, -0.25) is 28.5 Å². The van der Waals surface area contributed by atoms with Crippen LogP contribution in [0.3, 0.4) is 0 Å². The Morgan fingerprint density at radius 2 is 1.14 bits per heavy atom. The third-order valence-electron chi connectivity index (χ3n) is 11.9. The largest absolute Gasteiger partial charge is 0.748 e. The molecule has 0 aromatic rings. The molecule has 0 spiro atoms. The van der Waals surface area contributed by atoms with Gasteiger partial charge in [-0.2, -0.15) is 8.42 Å². The van der Waals surface area contributed by atoms with Gasteiger partial charge in [-0.1, -0.05) is 20.8 Å². The van der Waals surface area contributed by atoms with Crippen LogP contribution in [-0.4, -0.2) is 197 Å². The second-order valence-corrected chi connectivity index (χ2v) is 26.4. The van der Waals surface area contributed by atoms with E-state index >= 15 is 0 Å². The highest BCUT2D eigenvalue weighted by Gasteiger charge is 2.39. The van der Waals surface area contributed by atoms with Crippen molar-refractivity contribution in [1.29, 1.82) is 0 Å². The van der Waals surface area contributed by atoms with Crippen LogP contribution in [0.4, 0.5) is 0 Å². The minimum absolute atomic E-state index is 0.103. The molecular weight excluding hydrogens is 1010 g/mol. The van der Waals surface area contributed by atoms with E-state index in [1.807, 2.05) is 11.8 Å². The first kappa shape index (κ1) is 72.0. The van der Waals surface area contributed by atoms with Gasteiger partial charge in [0.15, 0.2) is 0 Å². The number of rotatable bonds is 28. The third-order valence-corrected chi connectivity index (χ3v) is 15.2. The van der Waals surface area contributed by atoms with Crippen LogP contribution in [-0.2, 0) is 54.3 Å². The fourth-order valence-electron chi connectivity index (χ4n) is 8.37. The van der Waals surface area contributed by atoms with E-state index in [1.165, 1.54) is 45.6 Å². The number of hydrogen-bond acceptors (Lipinski definition) is 15. The lowest BCUT2D eigenvalue weighted by Gasteiger charge is -2.37. The van der Waals surface area contributed by atoms with Crippen LogP contribution >= 0.6 is 0 Å². The molecule has 2 fully saturated rings. The van der Waals surface area contributed by atoms with E-state index in [2.05, 4.69) is 54.8 Å². The van der Waals surface area contributed by atoms with Crippen molar-refractivity contribution in [1.82, 2.24) is 30.7 Å². The van der Waals surface area contributed by atoms with Crippen molar-refractivity contribution in [3.05, 3.63) is 0 Å². The average molecular weight is 1110 g/mol. The summed E-state index contributed by atoms with van der Waals surface area (Å²) in [5, 5.41) is 7.85. The average Bonchev–Trinajstić information content (AvgIpc) is 3.84. The fraction of sp³-hybridized carbons (Fsp3) is 0.894. The van der Waals surface area contributed by atoms with Crippen LogP contribution in [0, 0.1) is 17.8 Å². The molecule has 0 aromatic heterocycles. The Morgan fingerprint density at radius 1 is 0.726 bits per heavy atom. The van der Waals surface area contributed by atoms with E-state index in [9.17, 15) is 58.3 Å². The van der Waals surface area contributed by atoms with E-state index in [-0.39, 0.29) is 42.5 Å². The molecule has 5 amide bonds. The third kappa shape index (κ3) is 35.0. The van der Waals surface area contributed by atoms with Gasteiger partial charge in [0.2, 0.25) is 29.5 Å². The Morgan fingerprint density at radius 3 is 1.45 bits per heavy atom. The summed E-state index contributed by atoms with van der Waals surface area (Å²) in [7, 11) is -4.88. The molecular formula is C47H97N9O14S3. The van der Waals surface area contributed by atoms with Crippen LogP contribution < -0.4 is 32.3 Å². The summed E-state index contributed by atoms with van der Waals surface area (Å²) >= 11 is 0. The molecule has 5 atom stereocenters. The van der Waals surface area contributed by atoms with Crippen LogP contribution in [0.5, 0.6) is 0 Å². The van der Waals surface area contributed by atoms with Crippen molar-refractivity contribution in [3.63, 3.8) is 0 Å². The Balaban J connectivity index is 0. The number of carbonyl (C=O) groups excluding carboxylic acids is 5. The second-order valence-electron chi connectivity index (χ2n) is 22.1. The second kappa shape index (κ2) is 33.2. The molecule has 0 bridgehead atoms. The van der Waals surface area contributed by atoms with Gasteiger partial charge >= 0.3 is 0 Å². The zero-order valence-corrected chi connectivity index (χ0v) is 49.1. The molecule has 2 aliphatic heterocycles. The fourth-order valence-corrected chi connectivity index (χ4v) is 11.3. The molecule has 432 valence electrons. The topological polar surface area (TPSA) is 358 Å². The number of nitrogens with zero attached hydrogens (tertiary/aromatic N) is 3. The number of amides is 5. The maximum Gasteiger partial charge on any atom is 0.267 e. The molecule has 0 aliphatic carbocycles.